The Labute approximate surface area is 133 Å². The van der Waals surface area contributed by atoms with Gasteiger partial charge in [-0.25, -0.2) is 0 Å². The fraction of sp³-hybridized carbons (Fsp3) is 0.643. The Morgan fingerprint density at radius 1 is 1.48 bits per heavy atom. The third-order valence-electron chi connectivity index (χ3n) is 2.88. The zero-order chi connectivity index (χ0) is 16.2. The van der Waals surface area contributed by atoms with Crippen molar-refractivity contribution in [3.8, 4) is 0 Å². The lowest BCUT2D eigenvalue weighted by Gasteiger charge is -2.28. The number of hydrogen-bond donors (Lipinski definition) is 4. The van der Waals surface area contributed by atoms with Crippen molar-refractivity contribution in [2.24, 2.45) is 5.92 Å². The van der Waals surface area contributed by atoms with Crippen LogP contribution in [0.4, 0.5) is 0 Å². The number of hydrogen-bond acceptors (Lipinski definition) is 5. The van der Waals surface area contributed by atoms with E-state index in [2.05, 4.69) is 18.6 Å². The molecule has 5 nitrogen and oxygen atoms in total. The van der Waals surface area contributed by atoms with E-state index < -0.39 is 11.4 Å². The van der Waals surface area contributed by atoms with Crippen LogP contribution in [-0.4, -0.2) is 20.3 Å². The summed E-state index contributed by atoms with van der Waals surface area (Å²) in [6.07, 6.45) is 0.863. The second-order valence-corrected chi connectivity index (χ2v) is 9.35. The summed E-state index contributed by atoms with van der Waals surface area (Å²) in [6.45, 7) is 10.1. The molecule has 0 aromatic carbocycles. The molecular formula is C14H25N3O2S2. The van der Waals surface area contributed by atoms with Crippen LogP contribution in [0.3, 0.4) is 0 Å². The highest BCUT2D eigenvalue weighted by molar-refractivity contribution is 7.90. The smallest absolute Gasteiger partial charge is 0.150 e. The van der Waals surface area contributed by atoms with Crippen LogP contribution in [0.2, 0.25) is 0 Å². The van der Waals surface area contributed by atoms with Gasteiger partial charge in [0.05, 0.1) is 6.04 Å². The molecule has 0 amide bonds. The molecule has 1 aromatic heterocycles. The maximum Gasteiger partial charge on any atom is 0.150 e. The lowest BCUT2D eigenvalue weighted by molar-refractivity contribution is 0.234. The van der Waals surface area contributed by atoms with Crippen LogP contribution in [0.15, 0.2) is 11.4 Å². The molecule has 0 radical (unpaired) electrons. The minimum atomic E-state index is -1.15. The van der Waals surface area contributed by atoms with Crippen molar-refractivity contribution in [2.75, 3.05) is 0 Å². The predicted molar refractivity (Wildman–Crippen MR) is 89.3 cm³/mol. The van der Waals surface area contributed by atoms with Crippen molar-refractivity contribution in [3.63, 3.8) is 0 Å². The number of amidine groups is 1. The number of nitrogens with one attached hydrogen (secondary N) is 3. The summed E-state index contributed by atoms with van der Waals surface area (Å²) in [6, 6.07) is 1.84. The molecule has 0 spiro atoms. The normalized spacial score (nSPS) is 15.0. The predicted octanol–water partition coefficient (Wildman–Crippen LogP) is 3.19. The lowest BCUT2D eigenvalue weighted by Crippen LogP contribution is -2.41. The first-order valence-electron chi connectivity index (χ1n) is 6.90. The van der Waals surface area contributed by atoms with Crippen LogP contribution >= 0.6 is 11.3 Å². The zero-order valence-electron chi connectivity index (χ0n) is 13.2. The van der Waals surface area contributed by atoms with Gasteiger partial charge in [0.2, 0.25) is 0 Å². The minimum absolute atomic E-state index is 0.0182. The average Bonchev–Trinajstić information content (AvgIpc) is 2.84. The molecule has 0 aliphatic heterocycles. The summed E-state index contributed by atoms with van der Waals surface area (Å²) >= 11 is 0.358. The maximum atomic E-state index is 12.3. The molecular weight excluding hydrogens is 306 g/mol. The highest BCUT2D eigenvalue weighted by Gasteiger charge is 2.30. The summed E-state index contributed by atoms with van der Waals surface area (Å²) < 4.78 is 15.2. The molecule has 7 heteroatoms. The van der Waals surface area contributed by atoms with Gasteiger partial charge in [-0.1, -0.05) is 13.8 Å². The summed E-state index contributed by atoms with van der Waals surface area (Å²) in [5.41, 5.74) is 2.48. The topological polar surface area (TPSA) is 91.2 Å². The maximum absolute atomic E-state index is 12.3. The largest absolute Gasteiger partial charge is 0.598 e. The van der Waals surface area contributed by atoms with E-state index in [1.54, 1.807) is 0 Å². The Kier molecular flexibility index (Phi) is 6.68. The lowest BCUT2D eigenvalue weighted by atomic mass is 10.0. The van der Waals surface area contributed by atoms with Gasteiger partial charge in [0.1, 0.15) is 10.6 Å². The Morgan fingerprint density at radius 3 is 2.57 bits per heavy atom. The molecule has 2 atom stereocenters. The third-order valence-corrected chi connectivity index (χ3v) is 5.53. The molecule has 4 N–H and O–H groups in total. The van der Waals surface area contributed by atoms with Gasteiger partial charge in [-0.3, -0.25) is 16.1 Å². The van der Waals surface area contributed by atoms with Gasteiger partial charge in [-0.15, -0.1) is 16.1 Å². The number of rotatable bonds is 6. The van der Waals surface area contributed by atoms with Gasteiger partial charge in [0.25, 0.3) is 0 Å². The SMILES string of the molecule is CC(C)C[C@H](N[S@@+]([O-])C(C)(C)C)c1cc(C(=N)NO)cs1. The molecule has 1 rings (SSSR count). The first kappa shape index (κ1) is 18.4. The van der Waals surface area contributed by atoms with Crippen molar-refractivity contribution in [2.45, 2.75) is 51.8 Å². The Hall–Kier alpha value is -0.600. The van der Waals surface area contributed by atoms with Crippen LogP contribution in [0, 0.1) is 11.3 Å². The molecule has 0 fully saturated rings. The summed E-state index contributed by atoms with van der Waals surface area (Å²) in [7, 11) is 0. The van der Waals surface area contributed by atoms with Gasteiger partial charge < -0.3 is 4.55 Å². The van der Waals surface area contributed by atoms with Crippen LogP contribution in [0.25, 0.3) is 0 Å². The summed E-state index contributed by atoms with van der Waals surface area (Å²) in [5, 5.41) is 18.2. The molecule has 120 valence electrons. The van der Waals surface area contributed by atoms with Crippen molar-refractivity contribution >= 4 is 28.5 Å². The van der Waals surface area contributed by atoms with Crippen LogP contribution in [0.5, 0.6) is 0 Å². The van der Waals surface area contributed by atoms with Crippen molar-refractivity contribution in [3.05, 3.63) is 21.9 Å². The van der Waals surface area contributed by atoms with Crippen LogP contribution in [-0.2, 0) is 11.4 Å². The van der Waals surface area contributed by atoms with E-state index in [-0.39, 0.29) is 16.6 Å². The van der Waals surface area contributed by atoms with Gasteiger partial charge >= 0.3 is 0 Å². The second kappa shape index (κ2) is 7.60. The second-order valence-electron chi connectivity index (χ2n) is 6.41. The number of hydroxylamine groups is 1. The monoisotopic (exact) mass is 331 g/mol. The molecule has 0 bridgehead atoms. The number of thiophene rings is 1. The molecule has 0 saturated heterocycles. The molecule has 0 aliphatic rings. The van der Waals surface area contributed by atoms with Gasteiger partial charge in [-0.05, 0) is 39.2 Å². The van der Waals surface area contributed by atoms with E-state index in [1.807, 2.05) is 37.7 Å². The Morgan fingerprint density at radius 2 is 2.10 bits per heavy atom. The first-order valence-corrected chi connectivity index (χ1v) is 8.93. The molecule has 1 aromatic rings. The Balaban J connectivity index is 2.92. The summed E-state index contributed by atoms with van der Waals surface area (Å²) in [5.74, 6) is 0.429. The van der Waals surface area contributed by atoms with E-state index >= 15 is 0 Å². The molecule has 0 saturated carbocycles. The van der Waals surface area contributed by atoms with Crippen LogP contribution < -0.4 is 10.2 Å². The summed E-state index contributed by atoms with van der Waals surface area (Å²) in [4.78, 5) is 1.02. The molecule has 0 aliphatic carbocycles. The van der Waals surface area contributed by atoms with E-state index in [0.717, 1.165) is 11.3 Å². The zero-order valence-corrected chi connectivity index (χ0v) is 14.8. The van der Waals surface area contributed by atoms with Crippen molar-refractivity contribution < 1.29 is 9.76 Å². The van der Waals surface area contributed by atoms with E-state index in [0.29, 0.717) is 11.5 Å². The molecule has 1 heterocycles. The van der Waals surface area contributed by atoms with Gasteiger partial charge in [-0.2, -0.15) is 0 Å². The highest BCUT2D eigenvalue weighted by atomic mass is 32.2. The molecule has 21 heavy (non-hydrogen) atoms. The van der Waals surface area contributed by atoms with E-state index in [9.17, 15) is 4.55 Å². The third kappa shape index (κ3) is 5.60. The highest BCUT2D eigenvalue weighted by Crippen LogP contribution is 2.29. The Bertz CT molecular complexity index is 469. The van der Waals surface area contributed by atoms with E-state index in [1.165, 1.54) is 11.3 Å². The standard InChI is InChI=1S/C14H25N3O2S2/c1-9(2)6-11(17-21(19)14(3,4)5)12-7-10(8-20-12)13(15)16-18/h7-9,11,17-18H,6H2,1-5H3,(H2,15,16)/t11-,21-/m0/s1. The van der Waals surface area contributed by atoms with Gasteiger partial charge in [0, 0.05) is 27.2 Å². The van der Waals surface area contributed by atoms with E-state index in [4.69, 9.17) is 10.6 Å². The van der Waals surface area contributed by atoms with Crippen molar-refractivity contribution in [1.82, 2.24) is 10.2 Å². The minimum Gasteiger partial charge on any atom is -0.598 e. The molecule has 0 unspecified atom stereocenters. The quantitative estimate of drug-likeness (QED) is 0.279. The fourth-order valence-electron chi connectivity index (χ4n) is 1.73. The van der Waals surface area contributed by atoms with Crippen molar-refractivity contribution in [1.29, 1.82) is 5.41 Å². The van der Waals surface area contributed by atoms with Gasteiger partial charge in [0.15, 0.2) is 0 Å². The van der Waals surface area contributed by atoms with Crippen LogP contribution in [0.1, 0.15) is 57.5 Å². The fourth-order valence-corrected chi connectivity index (χ4v) is 3.60. The first-order chi connectivity index (χ1) is 9.65. The average molecular weight is 332 g/mol.